The van der Waals surface area contributed by atoms with Crippen molar-refractivity contribution in [2.45, 2.75) is 70.0 Å². The third-order valence-corrected chi connectivity index (χ3v) is 11.7. The first-order valence-corrected chi connectivity index (χ1v) is 22.8. The van der Waals surface area contributed by atoms with Crippen molar-refractivity contribution in [3.05, 3.63) is 108 Å². The Balaban J connectivity index is 1.06. The first kappa shape index (κ1) is 52.5. The highest BCUT2D eigenvalue weighted by Gasteiger charge is 2.38. The summed E-state index contributed by atoms with van der Waals surface area (Å²) in [7, 11) is 1.63. The number of ether oxygens (including phenoxy) is 7. The van der Waals surface area contributed by atoms with E-state index in [1.54, 1.807) is 7.11 Å². The van der Waals surface area contributed by atoms with Gasteiger partial charge in [0.1, 0.15) is 28.7 Å². The molecule has 0 bridgehead atoms. The van der Waals surface area contributed by atoms with Gasteiger partial charge in [-0.2, -0.15) is 13.2 Å². The molecule has 4 aromatic rings. The van der Waals surface area contributed by atoms with Gasteiger partial charge in [-0.1, -0.05) is 67.3 Å². The van der Waals surface area contributed by atoms with Crippen LogP contribution < -0.4 is 14.8 Å². The van der Waals surface area contributed by atoms with Gasteiger partial charge in [0.25, 0.3) is 0 Å². The molecule has 1 unspecified atom stereocenters. The van der Waals surface area contributed by atoms with Gasteiger partial charge in [0, 0.05) is 43.4 Å². The van der Waals surface area contributed by atoms with Crippen LogP contribution in [-0.2, 0) is 49.3 Å². The molecule has 1 fully saturated rings. The molecule has 0 aromatic heterocycles. The first-order valence-electron chi connectivity index (χ1n) is 22.4. The molecule has 16 heteroatoms. The van der Waals surface area contributed by atoms with Gasteiger partial charge in [-0.3, -0.25) is 9.59 Å². The van der Waals surface area contributed by atoms with E-state index in [1.807, 2.05) is 84.8 Å². The zero-order valence-corrected chi connectivity index (χ0v) is 38.8. The number of terminal acetylenes is 1. The number of alkyl halides is 3. The number of benzene rings is 4. The van der Waals surface area contributed by atoms with Crippen LogP contribution in [0, 0.1) is 24.2 Å². The Hall–Kier alpha value is -6.44. The fourth-order valence-corrected chi connectivity index (χ4v) is 7.71. The zero-order valence-electron chi connectivity index (χ0n) is 37.9. The van der Waals surface area contributed by atoms with Gasteiger partial charge in [-0.05, 0) is 102 Å². The Kier molecular flexibility index (Phi) is 20.7. The number of esters is 4. The molecular weight excluding hydrogens is 904 g/mol. The molecule has 0 radical (unpaired) electrons. The van der Waals surface area contributed by atoms with Crippen LogP contribution in [0.1, 0.15) is 62.5 Å². The lowest BCUT2D eigenvalue weighted by molar-refractivity contribution is -0.155. The number of thiocarbonyl (C=S) groups is 1. The lowest BCUT2D eigenvalue weighted by Gasteiger charge is -2.26. The minimum absolute atomic E-state index is 0.104. The van der Waals surface area contributed by atoms with Crippen LogP contribution in [0.15, 0.2) is 97.1 Å². The van der Waals surface area contributed by atoms with E-state index in [0.29, 0.717) is 75.1 Å². The summed E-state index contributed by atoms with van der Waals surface area (Å²) < 4.78 is 75.4. The quantitative estimate of drug-likeness (QED) is 0.0128. The van der Waals surface area contributed by atoms with E-state index < -0.39 is 23.7 Å². The van der Waals surface area contributed by atoms with Crippen molar-refractivity contribution in [3.8, 4) is 35.0 Å². The number of carbonyl (C=O) groups is 4. The molecule has 12 nitrogen and oxygen atoms in total. The summed E-state index contributed by atoms with van der Waals surface area (Å²) in [4.78, 5) is 49.2. The predicted molar refractivity (Wildman–Crippen MR) is 253 cm³/mol. The van der Waals surface area contributed by atoms with Gasteiger partial charge in [0.2, 0.25) is 0 Å². The monoisotopic (exact) mass is 959 g/mol. The summed E-state index contributed by atoms with van der Waals surface area (Å²) in [5.41, 5.74) is 2.30. The van der Waals surface area contributed by atoms with Crippen LogP contribution in [-0.4, -0.2) is 94.4 Å². The third kappa shape index (κ3) is 17.0. The topological polar surface area (TPSA) is 145 Å². The molecule has 4 aromatic carbocycles. The average molecular weight is 960 g/mol. The number of nitrogens with one attached hydrogen (secondary N) is 1. The standard InChI is InChI=1S/C52H56F3NO11S/c1-4-47(57)64-28-6-27-63-46-20-8-36(9-21-46)24-29-65-50(59)38-10-12-39(13-11-38)51(60)66-30-25-44(7-5-26-62-31-32-67-49(58)35(2)52(53,54)55)56-48(68)43-17-16-41-33-40(14-15-42(41)34-43)37-18-22-45(61-3)23-19-37/h1,8-9,14-23,33-34,38-39,44H,2,5-7,10-13,24-32H2,3H3,(H,56,68). The highest BCUT2D eigenvalue weighted by molar-refractivity contribution is 7.80. The summed E-state index contributed by atoms with van der Waals surface area (Å²) in [5, 5.41) is 5.45. The molecule has 1 saturated carbocycles. The second-order valence-electron chi connectivity index (χ2n) is 16.1. The van der Waals surface area contributed by atoms with Crippen molar-refractivity contribution in [1.82, 2.24) is 5.32 Å². The molecular formula is C52H56F3NO11S. The summed E-state index contributed by atoms with van der Waals surface area (Å²) >= 11 is 5.86. The Morgan fingerprint density at radius 3 is 2.01 bits per heavy atom. The van der Waals surface area contributed by atoms with Crippen molar-refractivity contribution < 1.29 is 65.5 Å². The van der Waals surface area contributed by atoms with Crippen molar-refractivity contribution in [3.63, 3.8) is 0 Å². The molecule has 1 N–H and O–H groups in total. The Morgan fingerprint density at radius 2 is 1.35 bits per heavy atom. The molecule has 0 spiro atoms. The number of methoxy groups -OCH3 is 1. The van der Waals surface area contributed by atoms with Gasteiger partial charge in [0.15, 0.2) is 0 Å². The summed E-state index contributed by atoms with van der Waals surface area (Å²) in [6.45, 7) is 3.35. The van der Waals surface area contributed by atoms with Crippen LogP contribution in [0.5, 0.6) is 11.5 Å². The Labute approximate surface area is 399 Å². The SMILES string of the molecule is C#CC(=O)OCCCOc1ccc(CCOC(=O)C2CCC(C(=O)OCCC(CCCOCCOC(=O)C(=C)C(F)(F)F)NC(=S)c3ccc4cc(-c5ccc(OC)cc5)ccc4c3)CC2)cc1. The van der Waals surface area contributed by atoms with E-state index in [0.717, 1.165) is 38.8 Å². The molecule has 0 amide bonds. The summed E-state index contributed by atoms with van der Waals surface area (Å²) in [5.74, 6) is -0.189. The zero-order chi connectivity index (χ0) is 48.9. The molecule has 0 saturated heterocycles. The summed E-state index contributed by atoms with van der Waals surface area (Å²) in [6.07, 6.45) is 4.62. The van der Waals surface area contributed by atoms with Crippen LogP contribution in [0.4, 0.5) is 13.2 Å². The van der Waals surface area contributed by atoms with Crippen LogP contribution in [0.3, 0.4) is 0 Å². The van der Waals surface area contributed by atoms with Gasteiger partial charge in [0.05, 0.1) is 52.0 Å². The third-order valence-electron chi connectivity index (χ3n) is 11.3. The maximum absolute atomic E-state index is 13.2. The normalized spacial score (nSPS) is 15.0. The number of hydrogen-bond donors (Lipinski definition) is 1. The molecule has 5 rings (SSSR count). The predicted octanol–water partition coefficient (Wildman–Crippen LogP) is 9.08. The van der Waals surface area contributed by atoms with E-state index in [-0.39, 0.29) is 69.5 Å². The van der Waals surface area contributed by atoms with Gasteiger partial charge in [-0.15, -0.1) is 6.42 Å². The highest BCUT2D eigenvalue weighted by Crippen LogP contribution is 2.31. The molecule has 1 aliphatic carbocycles. The van der Waals surface area contributed by atoms with E-state index in [4.69, 9.17) is 47.1 Å². The molecule has 1 aliphatic rings. The lowest BCUT2D eigenvalue weighted by Crippen LogP contribution is -2.36. The maximum Gasteiger partial charge on any atom is 0.422 e. The second-order valence-corrected chi connectivity index (χ2v) is 16.5. The van der Waals surface area contributed by atoms with Crippen LogP contribution in [0.2, 0.25) is 0 Å². The number of hydrogen-bond acceptors (Lipinski definition) is 12. The average Bonchev–Trinajstić information content (AvgIpc) is 3.35. The Bertz CT molecular complexity index is 2370. The van der Waals surface area contributed by atoms with Gasteiger partial charge >= 0.3 is 30.1 Å². The van der Waals surface area contributed by atoms with Gasteiger partial charge in [-0.25, -0.2) is 9.59 Å². The highest BCUT2D eigenvalue weighted by atomic mass is 32.1. The first-order chi connectivity index (χ1) is 32.7. The Morgan fingerprint density at radius 1 is 0.721 bits per heavy atom. The molecule has 0 aliphatic heterocycles. The smallest absolute Gasteiger partial charge is 0.422 e. The van der Waals surface area contributed by atoms with Crippen molar-refractivity contribution in [2.75, 3.05) is 53.4 Å². The van der Waals surface area contributed by atoms with Crippen molar-refractivity contribution >= 4 is 51.9 Å². The minimum Gasteiger partial charge on any atom is -0.497 e. The fourth-order valence-electron chi connectivity index (χ4n) is 7.42. The lowest BCUT2D eigenvalue weighted by atomic mass is 9.82. The second kappa shape index (κ2) is 26.8. The van der Waals surface area contributed by atoms with E-state index in [1.165, 1.54) is 0 Å². The molecule has 0 heterocycles. The maximum atomic E-state index is 13.2. The fraction of sp³-hybridized carbons (Fsp3) is 0.404. The van der Waals surface area contributed by atoms with Gasteiger partial charge < -0.3 is 38.5 Å². The van der Waals surface area contributed by atoms with Crippen LogP contribution >= 0.6 is 12.2 Å². The minimum atomic E-state index is -4.87. The van der Waals surface area contributed by atoms with Crippen LogP contribution in [0.25, 0.3) is 21.9 Å². The number of rotatable bonds is 25. The van der Waals surface area contributed by atoms with E-state index >= 15 is 0 Å². The largest absolute Gasteiger partial charge is 0.497 e. The van der Waals surface area contributed by atoms with Crippen molar-refractivity contribution in [1.29, 1.82) is 0 Å². The molecule has 1 atom stereocenters. The van der Waals surface area contributed by atoms with E-state index in [9.17, 15) is 32.3 Å². The molecule has 68 heavy (non-hydrogen) atoms. The summed E-state index contributed by atoms with van der Waals surface area (Å²) in [6, 6.07) is 27.2. The molecule has 362 valence electrons. The number of halogens is 3. The number of fused-ring (bicyclic) bond motifs is 1. The van der Waals surface area contributed by atoms with Crippen molar-refractivity contribution in [2.24, 2.45) is 11.8 Å². The number of carbonyl (C=O) groups excluding carboxylic acids is 4. The van der Waals surface area contributed by atoms with E-state index in [2.05, 4.69) is 22.7 Å².